The van der Waals surface area contributed by atoms with E-state index in [2.05, 4.69) is 27.9 Å². The predicted octanol–water partition coefficient (Wildman–Crippen LogP) is 3.35. The molecule has 168 valence electrons. The molecular weight excluding hydrogens is 487 g/mol. The number of nitrogens with one attached hydrogen (secondary N) is 3. The molecule has 0 fully saturated rings. The summed E-state index contributed by atoms with van der Waals surface area (Å²) >= 11 is 0. The Kier molecular flexibility index (Phi) is 12.3. The summed E-state index contributed by atoms with van der Waals surface area (Å²) in [6.07, 6.45) is 2.81. The molecule has 2 unspecified atom stereocenters. The van der Waals surface area contributed by atoms with E-state index in [4.69, 9.17) is 9.15 Å². The van der Waals surface area contributed by atoms with Crippen LogP contribution < -0.4 is 16.0 Å². The number of amides is 1. The van der Waals surface area contributed by atoms with E-state index in [1.165, 1.54) is 6.26 Å². The highest BCUT2D eigenvalue weighted by Crippen LogP contribution is 2.21. The quantitative estimate of drug-likeness (QED) is 0.224. The molecule has 0 aliphatic carbocycles. The lowest BCUT2D eigenvalue weighted by Gasteiger charge is -2.24. The van der Waals surface area contributed by atoms with Gasteiger partial charge in [-0.3, -0.25) is 0 Å². The third-order valence-electron chi connectivity index (χ3n) is 3.82. The fraction of sp³-hybridized carbons (Fsp3) is 0.700. The molecule has 0 bridgehead atoms. The number of furan rings is 1. The Morgan fingerprint density at radius 2 is 1.97 bits per heavy atom. The lowest BCUT2D eigenvalue weighted by molar-refractivity contribution is 0.0437. The third-order valence-corrected chi connectivity index (χ3v) is 3.82. The second kappa shape index (κ2) is 12.9. The maximum absolute atomic E-state index is 12.1. The summed E-state index contributed by atoms with van der Waals surface area (Å²) in [5.74, 6) is 1.02. The van der Waals surface area contributed by atoms with E-state index in [1.807, 2.05) is 27.7 Å². The normalized spacial score (nSPS) is 14.9. The fourth-order valence-corrected chi connectivity index (χ4v) is 2.51. The average molecular weight is 524 g/mol. The Morgan fingerprint density at radius 3 is 2.48 bits per heavy atom. The van der Waals surface area contributed by atoms with Crippen LogP contribution in [-0.2, 0) is 10.3 Å². The molecule has 1 rings (SSSR count). The first-order chi connectivity index (χ1) is 13.1. The molecular formula is C20H37IN4O4. The average Bonchev–Trinajstić information content (AvgIpc) is 3.11. The van der Waals surface area contributed by atoms with Crippen LogP contribution >= 0.6 is 24.0 Å². The van der Waals surface area contributed by atoms with Crippen molar-refractivity contribution in [3.8, 4) is 0 Å². The van der Waals surface area contributed by atoms with Gasteiger partial charge in [-0.1, -0.05) is 13.3 Å². The summed E-state index contributed by atoms with van der Waals surface area (Å²) in [5.41, 5.74) is -1.74. The Balaban J connectivity index is 0.00000784. The van der Waals surface area contributed by atoms with Crippen molar-refractivity contribution in [1.29, 1.82) is 0 Å². The van der Waals surface area contributed by atoms with Gasteiger partial charge in [0.15, 0.2) is 5.96 Å². The lowest BCUT2D eigenvalue weighted by Crippen LogP contribution is -2.48. The van der Waals surface area contributed by atoms with Crippen molar-refractivity contribution in [3.63, 3.8) is 0 Å². The van der Waals surface area contributed by atoms with Gasteiger partial charge in [-0.25, -0.2) is 9.79 Å². The molecule has 0 spiro atoms. The summed E-state index contributed by atoms with van der Waals surface area (Å²) in [4.78, 5) is 16.5. The molecule has 0 aliphatic heterocycles. The first-order valence-corrected chi connectivity index (χ1v) is 9.85. The van der Waals surface area contributed by atoms with Crippen LogP contribution in [0.15, 0.2) is 27.8 Å². The van der Waals surface area contributed by atoms with E-state index in [0.29, 0.717) is 24.8 Å². The van der Waals surface area contributed by atoms with Gasteiger partial charge in [0.2, 0.25) is 0 Å². The van der Waals surface area contributed by atoms with Crippen LogP contribution in [0.4, 0.5) is 4.79 Å². The SMILES string of the molecule is CCCC(CNC(=NCC(C)(O)c1ccco1)NCC)NC(=O)OC(C)(C)C.I. The molecule has 29 heavy (non-hydrogen) atoms. The number of aliphatic imine (C=N–C) groups is 1. The maximum atomic E-state index is 12.1. The zero-order valence-corrected chi connectivity index (χ0v) is 20.7. The Hall–Kier alpha value is -1.49. The van der Waals surface area contributed by atoms with Crippen LogP contribution in [0.5, 0.6) is 0 Å². The van der Waals surface area contributed by atoms with E-state index in [0.717, 1.165) is 12.8 Å². The van der Waals surface area contributed by atoms with Crippen LogP contribution in [0.3, 0.4) is 0 Å². The summed E-state index contributed by atoms with van der Waals surface area (Å²) in [5, 5.41) is 19.8. The number of guanidine groups is 1. The van der Waals surface area contributed by atoms with Crippen LogP contribution in [0, 0.1) is 0 Å². The number of aliphatic hydroxyl groups is 1. The molecule has 9 heteroatoms. The minimum atomic E-state index is -1.20. The van der Waals surface area contributed by atoms with Crippen molar-refractivity contribution >= 4 is 36.0 Å². The van der Waals surface area contributed by atoms with E-state index in [9.17, 15) is 9.90 Å². The van der Waals surface area contributed by atoms with Gasteiger partial charge in [-0.2, -0.15) is 0 Å². The van der Waals surface area contributed by atoms with Gasteiger partial charge in [-0.15, -0.1) is 24.0 Å². The highest BCUT2D eigenvalue weighted by atomic mass is 127. The molecule has 2 atom stereocenters. The number of carbonyl (C=O) groups excluding carboxylic acids is 1. The number of hydrogen-bond donors (Lipinski definition) is 4. The molecule has 1 heterocycles. The van der Waals surface area contributed by atoms with Crippen molar-refractivity contribution in [3.05, 3.63) is 24.2 Å². The van der Waals surface area contributed by atoms with Crippen LogP contribution in [0.25, 0.3) is 0 Å². The van der Waals surface area contributed by atoms with Crippen LogP contribution in [-0.4, -0.2) is 48.4 Å². The summed E-state index contributed by atoms with van der Waals surface area (Å²) < 4.78 is 10.6. The van der Waals surface area contributed by atoms with Crippen molar-refractivity contribution in [2.75, 3.05) is 19.6 Å². The zero-order chi connectivity index (χ0) is 21.2. The van der Waals surface area contributed by atoms with Crippen LogP contribution in [0.1, 0.15) is 60.1 Å². The molecule has 0 saturated heterocycles. The summed E-state index contributed by atoms with van der Waals surface area (Å²) in [7, 11) is 0. The number of carbonyl (C=O) groups is 1. The van der Waals surface area contributed by atoms with Gasteiger partial charge in [-0.05, 0) is 53.2 Å². The predicted molar refractivity (Wildman–Crippen MR) is 126 cm³/mol. The minimum Gasteiger partial charge on any atom is -0.466 e. The van der Waals surface area contributed by atoms with Gasteiger partial charge >= 0.3 is 6.09 Å². The highest BCUT2D eigenvalue weighted by Gasteiger charge is 2.26. The van der Waals surface area contributed by atoms with Crippen molar-refractivity contribution < 1.29 is 19.1 Å². The second-order valence-corrected chi connectivity index (χ2v) is 7.96. The Morgan fingerprint density at radius 1 is 1.28 bits per heavy atom. The van der Waals surface area contributed by atoms with Gasteiger partial charge < -0.3 is 30.2 Å². The summed E-state index contributed by atoms with van der Waals surface area (Å²) in [6, 6.07) is 3.35. The van der Waals surface area contributed by atoms with Crippen LogP contribution in [0.2, 0.25) is 0 Å². The Bertz CT molecular complexity index is 612. The molecule has 0 aliphatic rings. The van der Waals surface area contributed by atoms with Crippen molar-refractivity contribution in [1.82, 2.24) is 16.0 Å². The maximum Gasteiger partial charge on any atom is 0.407 e. The molecule has 0 saturated carbocycles. The van der Waals surface area contributed by atoms with Crippen molar-refractivity contribution in [2.24, 2.45) is 4.99 Å². The van der Waals surface area contributed by atoms with Gasteiger partial charge in [0, 0.05) is 19.1 Å². The number of hydrogen-bond acceptors (Lipinski definition) is 5. The monoisotopic (exact) mass is 524 g/mol. The zero-order valence-electron chi connectivity index (χ0n) is 18.4. The molecule has 1 aromatic rings. The molecule has 4 N–H and O–H groups in total. The van der Waals surface area contributed by atoms with Gasteiger partial charge in [0.05, 0.1) is 12.8 Å². The summed E-state index contributed by atoms with van der Waals surface area (Å²) in [6.45, 7) is 12.5. The molecule has 1 amide bonds. The fourth-order valence-electron chi connectivity index (χ4n) is 2.51. The third kappa shape index (κ3) is 11.3. The number of ether oxygens (including phenoxy) is 1. The largest absolute Gasteiger partial charge is 0.466 e. The molecule has 0 radical (unpaired) electrons. The standard InChI is InChI=1S/C20H36N4O4.HI/c1-7-10-15(24-18(25)28-19(3,4)5)13-22-17(21-8-2)23-14-20(6,26)16-11-9-12-27-16;/h9,11-12,15,26H,7-8,10,13-14H2,1-6H3,(H,24,25)(H2,21,22,23);1H. The second-order valence-electron chi connectivity index (χ2n) is 7.96. The molecule has 8 nitrogen and oxygen atoms in total. The first kappa shape index (κ1) is 27.5. The number of rotatable bonds is 9. The van der Waals surface area contributed by atoms with E-state index in [1.54, 1.807) is 19.1 Å². The molecule has 1 aromatic heterocycles. The topological polar surface area (TPSA) is 108 Å². The highest BCUT2D eigenvalue weighted by molar-refractivity contribution is 14.0. The van der Waals surface area contributed by atoms with E-state index in [-0.39, 0.29) is 36.6 Å². The van der Waals surface area contributed by atoms with Crippen molar-refractivity contribution in [2.45, 2.75) is 71.6 Å². The van der Waals surface area contributed by atoms with E-state index < -0.39 is 17.3 Å². The smallest absolute Gasteiger partial charge is 0.407 e. The number of halogens is 1. The lowest BCUT2D eigenvalue weighted by atomic mass is 10.0. The first-order valence-electron chi connectivity index (χ1n) is 9.85. The molecule has 0 aromatic carbocycles. The number of nitrogens with zero attached hydrogens (tertiary/aromatic N) is 1. The minimum absolute atomic E-state index is 0. The van der Waals surface area contributed by atoms with E-state index >= 15 is 0 Å². The number of alkyl carbamates (subject to hydrolysis) is 1. The van der Waals surface area contributed by atoms with Gasteiger partial charge in [0.25, 0.3) is 0 Å². The van der Waals surface area contributed by atoms with Gasteiger partial charge in [0.1, 0.15) is 17.0 Å². The Labute approximate surface area is 191 Å².